The molecule has 129 heavy (non-hydrogen) atoms. The van der Waals surface area contributed by atoms with E-state index in [2.05, 4.69) is 56.1 Å². The summed E-state index contributed by atoms with van der Waals surface area (Å²) in [7, 11) is 8.29. The lowest BCUT2D eigenvalue weighted by Crippen LogP contribution is -2.59. The summed E-state index contributed by atoms with van der Waals surface area (Å²) >= 11 is 2.74. The number of nitrogens with two attached hydrogens (primary N) is 2. The fraction of sp³-hybridized carbons (Fsp3) is 0.598. The second kappa shape index (κ2) is 50.4. The molecule has 0 saturated carbocycles. The van der Waals surface area contributed by atoms with Crippen LogP contribution in [0.15, 0.2) is 83.8 Å². The van der Waals surface area contributed by atoms with E-state index >= 15 is 0 Å². The number of aldehydes is 1. The molecule has 38 nitrogen and oxygen atoms in total. The molecule has 1 unspecified atom stereocenters. The third-order valence-electron chi connectivity index (χ3n) is 21.9. The Balaban J connectivity index is 0.983. The minimum atomic E-state index is -2.41. The number of nitrogens with zero attached hydrogens (tertiary/aromatic N) is 3. The SMILES string of the molecule is C=C1C=CC(=O)N1CCCCCC(=O)N[C@H](C(=O)N[C@@H](CCCNC(N)=O)C(=O)Nc1ccc(COC(=O)N(CC)[C@H]2CO[C@@H](O[C@H]3[C@H](O[C@@H](C#C/C=C\C)C4=C(NC(=O)C=O)C(=O)C[C@](N)(O)/C4=C/CSSC(C)C)O[C@H](C)C(C#[N+]O[C@H]4C[C@H](O)[C@H](SC(=O)c5c(C)c(I)c(O[C@@H]6O[C@@H](C)[C@H](O)[C@@H](OC)[C@H]6O)c(OC)c5OC)[C@@H](C)O4)[C@@H]3O)C[C@@H]2OC)cc1)C(C)C. The van der Waals surface area contributed by atoms with Crippen LogP contribution in [0.3, 0.4) is 0 Å². The van der Waals surface area contributed by atoms with E-state index in [0.29, 0.717) is 51.9 Å². The van der Waals surface area contributed by atoms with Gasteiger partial charge in [-0.25, -0.2) is 9.59 Å². The number of nitrogens with one attached hydrogen (secondary N) is 5. The fourth-order valence-corrected chi connectivity index (χ4v) is 18.7. The number of methoxy groups -OCH3 is 4. The number of amides is 8. The molecule has 21 atom stereocenters. The van der Waals surface area contributed by atoms with E-state index in [1.54, 1.807) is 103 Å². The Morgan fingerprint density at radius 2 is 1.57 bits per heavy atom. The van der Waals surface area contributed by atoms with Crippen LogP contribution in [0.4, 0.5) is 15.3 Å². The molecule has 710 valence electrons. The third-order valence-corrected chi connectivity index (χ3v) is 27.4. The first kappa shape index (κ1) is 106. The predicted molar refractivity (Wildman–Crippen MR) is 484 cm³/mol. The van der Waals surface area contributed by atoms with Gasteiger partial charge in [-0.3, -0.25) is 44.1 Å². The maximum absolute atomic E-state index is 14.6. The number of halogens is 1. The van der Waals surface area contributed by atoms with Crippen LogP contribution < -0.4 is 52.3 Å². The second-order valence-electron chi connectivity index (χ2n) is 31.9. The minimum absolute atomic E-state index is 0.0123. The summed E-state index contributed by atoms with van der Waals surface area (Å²) < 4.78 is 74.1. The highest BCUT2D eigenvalue weighted by molar-refractivity contribution is 14.1. The number of benzene rings is 2. The number of ketones is 1. The third kappa shape index (κ3) is 28.5. The lowest BCUT2D eigenvalue weighted by atomic mass is 9.80. The molecule has 5 heterocycles. The van der Waals surface area contributed by atoms with Crippen LogP contribution in [0.5, 0.6) is 17.2 Å². The molecule has 14 N–H and O–H groups in total. The van der Waals surface area contributed by atoms with Crippen LogP contribution in [-0.4, -0.2) is 281 Å². The molecule has 0 bridgehead atoms. The van der Waals surface area contributed by atoms with E-state index < -0.39 is 180 Å². The van der Waals surface area contributed by atoms with Crippen molar-refractivity contribution in [3.8, 4) is 35.2 Å². The van der Waals surface area contributed by atoms with E-state index in [1.165, 1.54) is 67.1 Å². The summed E-state index contributed by atoms with van der Waals surface area (Å²) in [6.45, 7) is 21.2. The number of ether oxygens (including phenoxy) is 12. The average molecular weight is 1980 g/mol. The van der Waals surface area contributed by atoms with Crippen LogP contribution in [0.2, 0.25) is 0 Å². The highest BCUT2D eigenvalue weighted by atomic mass is 127. The number of primary amides is 1. The summed E-state index contributed by atoms with van der Waals surface area (Å²) in [5, 5.41) is 74.4. The van der Waals surface area contributed by atoms with Crippen molar-refractivity contribution < 1.29 is 135 Å². The van der Waals surface area contributed by atoms with Crippen molar-refractivity contribution in [1.82, 2.24) is 31.1 Å². The molecule has 2 aromatic rings. The van der Waals surface area contributed by atoms with E-state index in [1.807, 2.05) is 36.4 Å². The number of aliphatic hydroxyl groups is 5. The Labute approximate surface area is 775 Å². The number of urea groups is 1. The average Bonchev–Trinajstić information content (AvgIpc) is 0.816. The molecule has 42 heteroatoms. The van der Waals surface area contributed by atoms with Crippen LogP contribution in [0.1, 0.15) is 142 Å². The number of aliphatic hydroxyl groups excluding tert-OH is 4. The zero-order valence-electron chi connectivity index (χ0n) is 74.5. The highest BCUT2D eigenvalue weighted by Gasteiger charge is 2.54. The number of rotatable bonds is 40. The smallest absolute Gasteiger partial charge is 0.410 e. The van der Waals surface area contributed by atoms with Gasteiger partial charge in [0.2, 0.25) is 46.2 Å². The summed E-state index contributed by atoms with van der Waals surface area (Å²) in [6.07, 6.45) is -11.6. The predicted octanol–water partition coefficient (Wildman–Crippen LogP) is 5.73. The second-order valence-corrected chi connectivity index (χ2v) is 37.1. The monoisotopic (exact) mass is 1980 g/mol. The number of Topliss-reactive ketones (excluding diaryl/α,β-unsaturated/α-hetero) is 1. The standard InChI is InChI=1S/C87H119IN10O28S3/c1-16-18-20-25-59(67-54(33-36-127-129-45(5)6)87(90,113)39-58(101)70(67)96-62(103)41-99)123-84-77(72(106)53(48(9)121-84)40-92-126-65-37-57(100)79(50(11)120-65)128-82(110)66-47(8)68(88)75(78(117-15)74(66)115-13)125-83-73(107)76(116-14)71(105)49(10)122-83)124-64-38-60(114-12)56(43-118-64)97(17-2)86(112)119-42-51-28-30-52(31-29-51)93-80(108)55(24-23-34-91-85(89)111)94-81(109)69(44(3)4)95-61(102)26-21-19-22-35-98-46(7)27-32-63(98)104/h16,18,27-33,41,44-45,48-50,53,55-57,59-60,64-65,69,71-73,76-77,79,83-84,100,105-107,113H,7,17,19,21-24,26,34-39,42-43,90H2,1-6,8-15H3,(H6-,89,91,93,94,95,96,102,103,108,109,111)/p+1/b18-16-,54-33+/t48-,49+,50-,53?,55+,56+,57+,59+,60+,64+,65+,69+,71+,72+,73-,76-,77-,79-,83+,84+,87+/m1/s1. The van der Waals surface area contributed by atoms with Crippen molar-refractivity contribution in [3.63, 3.8) is 0 Å². The molecule has 4 saturated heterocycles. The molecule has 0 radical (unpaired) electrons. The minimum Gasteiger partial charge on any atom is -0.492 e. The van der Waals surface area contributed by atoms with Gasteiger partial charge < -0.3 is 124 Å². The summed E-state index contributed by atoms with van der Waals surface area (Å²) in [5.41, 5.74) is 10.5. The van der Waals surface area contributed by atoms with E-state index in [9.17, 15) is 73.5 Å². The Hall–Kier alpha value is -8.49. The molecule has 2 aromatic carbocycles. The number of hydrogen-bond acceptors (Lipinski definition) is 32. The first-order valence-electron chi connectivity index (χ1n) is 42.3. The number of allylic oxidation sites excluding steroid dienone is 4. The maximum atomic E-state index is 14.6. The largest absolute Gasteiger partial charge is 0.492 e. The van der Waals surface area contributed by atoms with Crippen LogP contribution in [0.25, 0.3) is 5.01 Å². The molecule has 8 rings (SSSR count). The van der Waals surface area contributed by atoms with Gasteiger partial charge in [0.25, 0.3) is 18.1 Å². The molecule has 5 aliphatic heterocycles. The first-order valence-corrected chi connectivity index (χ1v) is 46.6. The quantitative estimate of drug-likeness (QED) is 0.00554. The van der Waals surface area contributed by atoms with E-state index in [4.69, 9.17) is 73.1 Å². The number of carbonyl (C=O) groups excluding carboxylic acids is 10. The van der Waals surface area contributed by atoms with Gasteiger partial charge in [0, 0.05) is 92.7 Å². The topological polar surface area (TPSA) is 515 Å². The number of unbranched alkanes of at least 4 members (excludes halogenated alkanes) is 2. The number of likely N-dealkylation sites (N-methyl/N-ethyl adjacent to an activating group) is 1. The fourth-order valence-electron chi connectivity index (χ4n) is 15.1. The molecule has 4 fully saturated rings. The normalized spacial score (nSPS) is 27.4. The van der Waals surface area contributed by atoms with Gasteiger partial charge >= 0.3 is 18.2 Å². The molecule has 6 aliphatic rings. The van der Waals surface area contributed by atoms with Crippen molar-refractivity contribution in [2.45, 2.75) is 260 Å². The molecule has 0 spiro atoms. The number of hydrogen-bond donors (Lipinski definition) is 12. The lowest BCUT2D eigenvalue weighted by Gasteiger charge is -2.45. The van der Waals surface area contributed by atoms with E-state index in [-0.39, 0.29) is 127 Å². The Kier molecular flexibility index (Phi) is 41.4. The summed E-state index contributed by atoms with van der Waals surface area (Å²) in [5.74, 6) is 0.459. The van der Waals surface area contributed by atoms with Crippen molar-refractivity contribution in [1.29, 1.82) is 0 Å². The highest BCUT2D eigenvalue weighted by Crippen LogP contribution is 2.49. The van der Waals surface area contributed by atoms with Crippen molar-refractivity contribution in [2.75, 3.05) is 65.7 Å². The number of carbonyl (C=O) groups is 10. The van der Waals surface area contributed by atoms with Crippen LogP contribution >= 0.6 is 55.9 Å². The van der Waals surface area contributed by atoms with Gasteiger partial charge in [0.15, 0.2) is 35.8 Å². The van der Waals surface area contributed by atoms with Gasteiger partial charge in [0.1, 0.15) is 61.0 Å². The van der Waals surface area contributed by atoms with Gasteiger partial charge in [-0.2, -0.15) is 0 Å². The Morgan fingerprint density at radius 3 is 2.19 bits per heavy atom. The number of thioether (sulfide) groups is 1. The van der Waals surface area contributed by atoms with Crippen molar-refractivity contribution >= 4 is 120 Å². The maximum Gasteiger partial charge on any atom is 0.410 e. The molecular formula is C87H120IN10O28S3+. The lowest BCUT2D eigenvalue weighted by molar-refractivity contribution is -0.328. The van der Waals surface area contributed by atoms with Gasteiger partial charge in [0.05, 0.1) is 83.9 Å². The van der Waals surface area contributed by atoms with Gasteiger partial charge in [-0.05, 0) is 131 Å². The summed E-state index contributed by atoms with van der Waals surface area (Å²) in [6, 6.07) is 5.38. The molecular weight excluding hydrogens is 1860 g/mol. The van der Waals surface area contributed by atoms with Crippen LogP contribution in [0, 0.1) is 40.2 Å². The molecule has 8 amide bonds. The molecule has 1 aliphatic carbocycles. The zero-order chi connectivity index (χ0) is 94.8. The van der Waals surface area contributed by atoms with Gasteiger partial charge in [-0.1, -0.05) is 110 Å². The van der Waals surface area contributed by atoms with Crippen LogP contribution in [-0.2, 0) is 87.6 Å². The first-order chi connectivity index (χ1) is 61.3. The molecule has 0 aromatic heterocycles. The zero-order valence-corrected chi connectivity index (χ0v) is 79.1. The van der Waals surface area contributed by atoms with E-state index in [0.717, 1.165) is 11.8 Å². The van der Waals surface area contributed by atoms with Crippen molar-refractivity contribution in [3.05, 3.63) is 109 Å². The Morgan fingerprint density at radius 1 is 0.853 bits per heavy atom. The van der Waals surface area contributed by atoms with Crippen molar-refractivity contribution in [2.24, 2.45) is 23.3 Å². The number of anilines is 1. The van der Waals surface area contributed by atoms with Gasteiger partial charge in [-0.15, -0.1) is 4.84 Å². The summed E-state index contributed by atoms with van der Waals surface area (Å²) in [4.78, 5) is 142. The Bertz CT molecular complexity index is 4530.